The Kier molecular flexibility index (Phi) is 3.86. The lowest BCUT2D eigenvalue weighted by molar-refractivity contribution is -0.117. The van der Waals surface area contributed by atoms with Gasteiger partial charge in [0.2, 0.25) is 11.5 Å². The molecule has 1 amide bonds. The van der Waals surface area contributed by atoms with Crippen LogP contribution in [0, 0.1) is 5.92 Å². The van der Waals surface area contributed by atoms with Gasteiger partial charge in [0.15, 0.2) is 5.12 Å². The van der Waals surface area contributed by atoms with Gasteiger partial charge in [0.05, 0.1) is 5.69 Å². The van der Waals surface area contributed by atoms with E-state index < -0.39 is 0 Å². The molecule has 5 nitrogen and oxygen atoms in total. The lowest BCUT2D eigenvalue weighted by atomic mass is 10.1. The fraction of sp³-hybridized carbons (Fsp3) is 0.417. The van der Waals surface area contributed by atoms with Crippen molar-refractivity contribution in [1.29, 1.82) is 0 Å². The van der Waals surface area contributed by atoms with Gasteiger partial charge in [0.1, 0.15) is 0 Å². The predicted octanol–water partition coefficient (Wildman–Crippen LogP) is 1.01. The van der Waals surface area contributed by atoms with Gasteiger partial charge in [-0.15, -0.1) is 0 Å². The molecule has 0 bridgehead atoms. The Labute approximate surface area is 109 Å². The molecule has 18 heavy (non-hydrogen) atoms. The smallest absolute Gasteiger partial charge is 0.248 e. The van der Waals surface area contributed by atoms with Crippen LogP contribution in [0.25, 0.3) is 0 Å². The van der Waals surface area contributed by atoms with Gasteiger partial charge in [0, 0.05) is 37.9 Å². The number of rotatable bonds is 3. The van der Waals surface area contributed by atoms with E-state index in [4.69, 9.17) is 0 Å². The summed E-state index contributed by atoms with van der Waals surface area (Å²) < 4.78 is 0. The first-order chi connectivity index (χ1) is 8.56. The molecule has 0 spiro atoms. The van der Waals surface area contributed by atoms with Crippen molar-refractivity contribution < 1.29 is 9.59 Å². The van der Waals surface area contributed by atoms with Crippen LogP contribution in [0.3, 0.4) is 0 Å². The molecule has 1 aromatic heterocycles. The summed E-state index contributed by atoms with van der Waals surface area (Å²) in [5.41, 5.74) is 0.518. The summed E-state index contributed by atoms with van der Waals surface area (Å²) in [7, 11) is 0. The van der Waals surface area contributed by atoms with Crippen LogP contribution >= 0.6 is 11.8 Å². The molecule has 0 radical (unpaired) electrons. The fourth-order valence-corrected chi connectivity index (χ4v) is 2.64. The molecule has 2 heterocycles. The van der Waals surface area contributed by atoms with Gasteiger partial charge < -0.3 is 9.88 Å². The number of aromatic amines is 1. The Morgan fingerprint density at radius 1 is 1.50 bits per heavy atom. The number of H-pyrrole nitrogens is 1. The van der Waals surface area contributed by atoms with Crippen molar-refractivity contribution in [3.63, 3.8) is 0 Å². The number of hydrogen-bond donors (Lipinski definition) is 1. The fourth-order valence-electron chi connectivity index (χ4n) is 1.95. The number of anilines is 1. The minimum absolute atomic E-state index is 0.0381. The molecule has 0 aliphatic carbocycles. The predicted molar refractivity (Wildman–Crippen MR) is 70.7 cm³/mol. The van der Waals surface area contributed by atoms with E-state index >= 15 is 0 Å². The van der Waals surface area contributed by atoms with Crippen molar-refractivity contribution >= 4 is 28.5 Å². The maximum absolute atomic E-state index is 11.9. The second kappa shape index (κ2) is 5.39. The Bertz CT molecular complexity index is 506. The van der Waals surface area contributed by atoms with Gasteiger partial charge in [-0.25, -0.2) is 0 Å². The maximum atomic E-state index is 11.9. The van der Waals surface area contributed by atoms with Crippen molar-refractivity contribution in [1.82, 2.24) is 4.98 Å². The quantitative estimate of drug-likeness (QED) is 0.886. The average molecular weight is 266 g/mol. The van der Waals surface area contributed by atoms with E-state index in [1.807, 2.05) is 0 Å². The summed E-state index contributed by atoms with van der Waals surface area (Å²) >= 11 is 1.25. The van der Waals surface area contributed by atoms with E-state index in [0.29, 0.717) is 24.4 Å². The van der Waals surface area contributed by atoms with E-state index in [1.54, 1.807) is 17.2 Å². The van der Waals surface area contributed by atoms with Crippen LogP contribution in [0.4, 0.5) is 5.69 Å². The SMILES string of the molecule is CC(=O)SCC1CC(=O)N(c2ccc(=O)[nH]c2)C1. The number of nitrogens with zero attached hydrogens (tertiary/aromatic N) is 1. The highest BCUT2D eigenvalue weighted by atomic mass is 32.2. The summed E-state index contributed by atoms with van der Waals surface area (Å²) in [6, 6.07) is 3.04. The van der Waals surface area contributed by atoms with Crippen LogP contribution in [-0.4, -0.2) is 28.3 Å². The minimum atomic E-state index is -0.186. The molecule has 1 fully saturated rings. The van der Waals surface area contributed by atoms with E-state index in [2.05, 4.69) is 4.98 Å². The first kappa shape index (κ1) is 12.9. The normalized spacial score (nSPS) is 19.3. The van der Waals surface area contributed by atoms with Crippen LogP contribution < -0.4 is 10.5 Å². The number of thioether (sulfide) groups is 1. The van der Waals surface area contributed by atoms with Crippen LogP contribution in [0.2, 0.25) is 0 Å². The van der Waals surface area contributed by atoms with Crippen LogP contribution in [0.1, 0.15) is 13.3 Å². The molecule has 1 N–H and O–H groups in total. The van der Waals surface area contributed by atoms with Gasteiger partial charge >= 0.3 is 0 Å². The van der Waals surface area contributed by atoms with Crippen molar-refractivity contribution in [2.75, 3.05) is 17.2 Å². The summed E-state index contributed by atoms with van der Waals surface area (Å²) in [5, 5.41) is 0.0740. The van der Waals surface area contributed by atoms with E-state index in [-0.39, 0.29) is 22.5 Å². The highest BCUT2D eigenvalue weighted by Gasteiger charge is 2.30. The second-order valence-electron chi connectivity index (χ2n) is 4.29. The maximum Gasteiger partial charge on any atom is 0.248 e. The van der Waals surface area contributed by atoms with Crippen molar-refractivity contribution in [3.8, 4) is 0 Å². The van der Waals surface area contributed by atoms with E-state index in [1.165, 1.54) is 24.8 Å². The third-order valence-electron chi connectivity index (χ3n) is 2.81. The number of hydrogen-bond acceptors (Lipinski definition) is 4. The molecule has 1 unspecified atom stereocenters. The van der Waals surface area contributed by atoms with Crippen molar-refractivity contribution in [2.45, 2.75) is 13.3 Å². The highest BCUT2D eigenvalue weighted by Crippen LogP contribution is 2.26. The standard InChI is InChI=1S/C12H14N2O3S/c1-8(15)18-7-9-4-12(17)14(6-9)10-2-3-11(16)13-5-10/h2-3,5,9H,4,6-7H2,1H3,(H,13,16). The van der Waals surface area contributed by atoms with Crippen molar-refractivity contribution in [3.05, 3.63) is 28.7 Å². The first-order valence-corrected chi connectivity index (χ1v) is 6.67. The molecule has 2 rings (SSSR count). The van der Waals surface area contributed by atoms with E-state index in [9.17, 15) is 14.4 Å². The molecule has 1 aromatic rings. The largest absolute Gasteiger partial charge is 0.327 e. The zero-order chi connectivity index (χ0) is 13.1. The topological polar surface area (TPSA) is 70.2 Å². The van der Waals surface area contributed by atoms with Gasteiger partial charge in [-0.05, 0) is 12.0 Å². The second-order valence-corrected chi connectivity index (χ2v) is 5.49. The Morgan fingerprint density at radius 2 is 2.28 bits per heavy atom. The molecule has 1 aliphatic rings. The van der Waals surface area contributed by atoms with E-state index in [0.717, 1.165) is 0 Å². The third-order valence-corrected chi connectivity index (χ3v) is 3.85. The zero-order valence-corrected chi connectivity index (χ0v) is 10.8. The molecule has 0 saturated carbocycles. The third kappa shape index (κ3) is 3.01. The van der Waals surface area contributed by atoms with Gasteiger partial charge in [-0.2, -0.15) is 0 Å². The molecule has 1 aliphatic heterocycles. The number of carbonyl (C=O) groups excluding carboxylic acids is 2. The first-order valence-electron chi connectivity index (χ1n) is 5.68. The number of carbonyl (C=O) groups is 2. The molecular weight excluding hydrogens is 252 g/mol. The average Bonchev–Trinajstić information content (AvgIpc) is 2.69. The lowest BCUT2D eigenvalue weighted by Gasteiger charge is -2.15. The molecule has 6 heteroatoms. The summed E-state index contributed by atoms with van der Waals surface area (Å²) in [6.07, 6.45) is 2.00. The Hall–Kier alpha value is -1.56. The lowest BCUT2D eigenvalue weighted by Crippen LogP contribution is -2.25. The molecular formula is C12H14N2O3S. The summed E-state index contributed by atoms with van der Waals surface area (Å²) in [5.74, 6) is 0.899. The molecule has 1 saturated heterocycles. The van der Waals surface area contributed by atoms with Crippen molar-refractivity contribution in [2.24, 2.45) is 5.92 Å². The number of amides is 1. The molecule has 1 atom stereocenters. The van der Waals surface area contributed by atoms with Gasteiger partial charge in [-0.3, -0.25) is 14.4 Å². The minimum Gasteiger partial charge on any atom is -0.327 e. The van der Waals surface area contributed by atoms with Gasteiger partial charge in [-0.1, -0.05) is 11.8 Å². The van der Waals surface area contributed by atoms with Crippen LogP contribution in [-0.2, 0) is 9.59 Å². The molecule has 0 aromatic carbocycles. The van der Waals surface area contributed by atoms with Crippen LogP contribution in [0.5, 0.6) is 0 Å². The number of aromatic nitrogens is 1. The number of pyridine rings is 1. The summed E-state index contributed by atoms with van der Waals surface area (Å²) in [6.45, 7) is 2.13. The monoisotopic (exact) mass is 266 g/mol. The number of nitrogens with one attached hydrogen (secondary N) is 1. The van der Waals surface area contributed by atoms with Gasteiger partial charge in [0.25, 0.3) is 0 Å². The van der Waals surface area contributed by atoms with Crippen LogP contribution in [0.15, 0.2) is 23.1 Å². The zero-order valence-electron chi connectivity index (χ0n) is 10.0. The Morgan fingerprint density at radius 3 is 2.89 bits per heavy atom. The Balaban J connectivity index is 2.03. The molecule has 96 valence electrons. The highest BCUT2D eigenvalue weighted by molar-refractivity contribution is 8.13. The summed E-state index contributed by atoms with van der Waals surface area (Å²) in [4.78, 5) is 37.9.